The van der Waals surface area contributed by atoms with Crippen LogP contribution in [0.5, 0.6) is 11.5 Å². The Bertz CT molecular complexity index is 905. The first-order chi connectivity index (χ1) is 18.5. The summed E-state index contributed by atoms with van der Waals surface area (Å²) in [5.41, 5.74) is 4.78. The largest absolute Gasteiger partial charge is 0.427 e. The predicted octanol–water partition coefficient (Wildman–Crippen LogP) is 9.95. The highest BCUT2D eigenvalue weighted by Crippen LogP contribution is 2.33. The normalized spacial score (nSPS) is 11.7. The van der Waals surface area contributed by atoms with Crippen LogP contribution < -0.4 is 9.47 Å². The number of hydrogen-bond donors (Lipinski definition) is 0. The van der Waals surface area contributed by atoms with Crippen LogP contribution >= 0.6 is 0 Å². The highest BCUT2D eigenvalue weighted by molar-refractivity contribution is 5.91. The van der Waals surface area contributed by atoms with Crippen molar-refractivity contribution in [2.45, 2.75) is 118 Å². The molecule has 0 aliphatic rings. The molecule has 0 bridgehead atoms. The second-order valence-corrected chi connectivity index (χ2v) is 9.99. The van der Waals surface area contributed by atoms with Gasteiger partial charge in [0, 0.05) is 12.8 Å². The molecule has 38 heavy (non-hydrogen) atoms. The Morgan fingerprint density at radius 2 is 0.842 bits per heavy atom. The molecule has 0 aromatic heterocycles. The average Bonchev–Trinajstić information content (AvgIpc) is 2.92. The molecule has 2 rings (SSSR count). The number of ether oxygens (including phenoxy) is 2. The van der Waals surface area contributed by atoms with Gasteiger partial charge in [0.2, 0.25) is 0 Å². The van der Waals surface area contributed by atoms with Crippen molar-refractivity contribution < 1.29 is 19.1 Å². The molecule has 4 heteroatoms. The topological polar surface area (TPSA) is 52.6 Å². The summed E-state index contributed by atoms with van der Waals surface area (Å²) < 4.78 is 11.1. The number of carbonyl (C=O) groups is 2. The molecule has 0 atom stereocenters. The molecule has 0 saturated heterocycles. The van der Waals surface area contributed by atoms with Crippen molar-refractivity contribution in [2.75, 3.05) is 0 Å². The summed E-state index contributed by atoms with van der Waals surface area (Å²) in [6.45, 7) is 8.70. The Kier molecular flexibility index (Phi) is 15.2. The predicted molar refractivity (Wildman–Crippen MR) is 158 cm³/mol. The molecule has 0 radical (unpaired) electrons. The molecular formula is C34H48O4. The van der Waals surface area contributed by atoms with E-state index in [1.807, 2.05) is 48.5 Å². The second kappa shape index (κ2) is 18.4. The van der Waals surface area contributed by atoms with Gasteiger partial charge < -0.3 is 9.47 Å². The lowest BCUT2D eigenvalue weighted by Gasteiger charge is -2.15. The van der Waals surface area contributed by atoms with E-state index in [2.05, 4.69) is 27.7 Å². The van der Waals surface area contributed by atoms with Crippen LogP contribution in [-0.2, 0) is 9.59 Å². The van der Waals surface area contributed by atoms with E-state index < -0.39 is 0 Å². The Morgan fingerprint density at radius 1 is 0.500 bits per heavy atom. The van der Waals surface area contributed by atoms with Gasteiger partial charge in [-0.15, -0.1) is 0 Å². The van der Waals surface area contributed by atoms with Crippen molar-refractivity contribution in [1.82, 2.24) is 0 Å². The number of hydrogen-bond acceptors (Lipinski definition) is 4. The highest BCUT2D eigenvalue weighted by atomic mass is 16.5. The first-order valence-electron chi connectivity index (χ1n) is 14.9. The number of carbonyl (C=O) groups excluding carboxylic acids is 2. The van der Waals surface area contributed by atoms with Gasteiger partial charge in [-0.25, -0.2) is 0 Å². The van der Waals surface area contributed by atoms with E-state index in [0.717, 1.165) is 49.7 Å². The molecule has 0 aliphatic heterocycles. The van der Waals surface area contributed by atoms with E-state index in [1.165, 1.54) is 49.7 Å². The van der Waals surface area contributed by atoms with Crippen molar-refractivity contribution in [3.05, 3.63) is 59.7 Å². The van der Waals surface area contributed by atoms with Crippen LogP contribution in [0.25, 0.3) is 11.1 Å². The third-order valence-electron chi connectivity index (χ3n) is 6.91. The zero-order valence-corrected chi connectivity index (χ0v) is 24.2. The van der Waals surface area contributed by atoms with E-state index in [4.69, 9.17) is 9.47 Å². The van der Waals surface area contributed by atoms with Gasteiger partial charge in [-0.05, 0) is 72.2 Å². The minimum Gasteiger partial charge on any atom is -0.427 e. The zero-order chi connectivity index (χ0) is 27.6. The van der Waals surface area contributed by atoms with Crippen LogP contribution in [-0.4, -0.2) is 11.9 Å². The fraction of sp³-hybridized carbons (Fsp3) is 0.529. The van der Waals surface area contributed by atoms with Crippen molar-refractivity contribution in [2.24, 2.45) is 0 Å². The van der Waals surface area contributed by atoms with E-state index in [-0.39, 0.29) is 11.9 Å². The van der Waals surface area contributed by atoms with Crippen molar-refractivity contribution in [3.63, 3.8) is 0 Å². The highest BCUT2D eigenvalue weighted by Gasteiger charge is 2.12. The Labute approximate surface area is 230 Å². The lowest BCUT2D eigenvalue weighted by molar-refractivity contribution is -0.135. The third-order valence-corrected chi connectivity index (χ3v) is 6.91. The molecular weight excluding hydrogens is 472 g/mol. The fourth-order valence-corrected chi connectivity index (χ4v) is 4.74. The number of allylic oxidation sites excluding steroid dienone is 2. The third kappa shape index (κ3) is 11.2. The smallest absolute Gasteiger partial charge is 0.311 e. The van der Waals surface area contributed by atoms with Gasteiger partial charge in [-0.2, -0.15) is 0 Å². The fourth-order valence-electron chi connectivity index (χ4n) is 4.74. The molecule has 2 aromatic carbocycles. The number of rotatable bonds is 18. The second-order valence-electron chi connectivity index (χ2n) is 9.99. The minimum absolute atomic E-state index is 0.160. The molecule has 0 aliphatic carbocycles. The van der Waals surface area contributed by atoms with Crippen molar-refractivity contribution >= 4 is 23.1 Å². The summed E-state index contributed by atoms with van der Waals surface area (Å²) in [6.07, 6.45) is 13.8. The van der Waals surface area contributed by atoms with E-state index in [9.17, 15) is 9.59 Å². The Morgan fingerprint density at radius 3 is 1.16 bits per heavy atom. The standard InChI is InChI=1S/C34H48O4/c1-5-9-11-13-15-17-33(35)37-29-23-19-27(20-24-29)31(7-3)32(8-4)28-21-25-30(26-22-28)38-34(36)18-16-14-12-10-6-2/h19-26H,5-18H2,1-4H3/b32-31+. The summed E-state index contributed by atoms with van der Waals surface area (Å²) in [5, 5.41) is 0. The van der Waals surface area contributed by atoms with Crippen LogP contribution in [0.15, 0.2) is 48.5 Å². The maximum atomic E-state index is 12.2. The molecule has 208 valence electrons. The van der Waals surface area contributed by atoms with Crippen molar-refractivity contribution in [1.29, 1.82) is 0 Å². The van der Waals surface area contributed by atoms with E-state index in [1.54, 1.807) is 0 Å². The maximum Gasteiger partial charge on any atom is 0.311 e. The molecule has 0 N–H and O–H groups in total. The summed E-state index contributed by atoms with van der Waals surface area (Å²) >= 11 is 0. The SMILES string of the molecule is CCCCCCCC(=O)Oc1ccc(/C(CC)=C(\CC)c2ccc(OC(=O)CCCCCCC)cc2)cc1. The first-order valence-corrected chi connectivity index (χ1v) is 14.9. The molecule has 0 spiro atoms. The van der Waals surface area contributed by atoms with E-state index in [0.29, 0.717) is 24.3 Å². The minimum atomic E-state index is -0.160. The molecule has 2 aromatic rings. The summed E-state index contributed by atoms with van der Waals surface area (Å²) in [4.78, 5) is 24.4. The summed E-state index contributed by atoms with van der Waals surface area (Å²) in [7, 11) is 0. The molecule has 0 heterocycles. The molecule has 0 amide bonds. The van der Waals surface area contributed by atoms with E-state index >= 15 is 0 Å². The van der Waals surface area contributed by atoms with Gasteiger partial charge in [-0.3, -0.25) is 9.59 Å². The molecule has 4 nitrogen and oxygen atoms in total. The van der Waals surface area contributed by atoms with Gasteiger partial charge in [-0.1, -0.05) is 103 Å². The molecule has 0 saturated carbocycles. The molecule has 0 unspecified atom stereocenters. The quantitative estimate of drug-likeness (QED) is 0.0849. The van der Waals surface area contributed by atoms with Crippen LogP contribution in [0.4, 0.5) is 0 Å². The average molecular weight is 521 g/mol. The monoisotopic (exact) mass is 520 g/mol. The maximum absolute atomic E-state index is 12.2. The van der Waals surface area contributed by atoms with Gasteiger partial charge in [0.05, 0.1) is 0 Å². The van der Waals surface area contributed by atoms with Gasteiger partial charge in [0.15, 0.2) is 0 Å². The number of unbranched alkanes of at least 4 members (excludes halogenated alkanes) is 8. The van der Waals surface area contributed by atoms with Gasteiger partial charge in [0.25, 0.3) is 0 Å². The number of benzene rings is 2. The lowest BCUT2D eigenvalue weighted by Crippen LogP contribution is -2.07. The number of esters is 2. The van der Waals surface area contributed by atoms with Crippen LogP contribution in [0.2, 0.25) is 0 Å². The first kappa shape index (κ1) is 31.3. The lowest BCUT2D eigenvalue weighted by atomic mass is 9.91. The molecule has 0 fully saturated rings. The Hall–Kier alpha value is -2.88. The van der Waals surface area contributed by atoms with Crippen molar-refractivity contribution in [3.8, 4) is 11.5 Å². The van der Waals surface area contributed by atoms with Gasteiger partial charge >= 0.3 is 11.9 Å². The summed E-state index contributed by atoms with van der Waals surface area (Å²) in [5.74, 6) is 0.869. The zero-order valence-electron chi connectivity index (χ0n) is 24.2. The van der Waals surface area contributed by atoms with Crippen LogP contribution in [0.1, 0.15) is 129 Å². The van der Waals surface area contributed by atoms with Gasteiger partial charge in [0.1, 0.15) is 11.5 Å². The van der Waals surface area contributed by atoms with Crippen LogP contribution in [0.3, 0.4) is 0 Å². The van der Waals surface area contributed by atoms with Crippen LogP contribution in [0, 0.1) is 0 Å². The Balaban J connectivity index is 1.99. The summed E-state index contributed by atoms with van der Waals surface area (Å²) in [6, 6.07) is 15.7.